The lowest BCUT2D eigenvalue weighted by molar-refractivity contribution is -0.141. The van der Waals surface area contributed by atoms with Gasteiger partial charge in [0, 0.05) is 25.9 Å². The predicted molar refractivity (Wildman–Crippen MR) is 70.0 cm³/mol. The minimum Gasteiger partial charge on any atom is -0.469 e. The monoisotopic (exact) mass is 255 g/mol. The van der Waals surface area contributed by atoms with E-state index in [4.69, 9.17) is 0 Å². The second kappa shape index (κ2) is 7.39. The quantitative estimate of drug-likeness (QED) is 0.708. The smallest absolute Gasteiger partial charge is 0.305 e. The van der Waals surface area contributed by atoms with E-state index in [-0.39, 0.29) is 11.9 Å². The first-order valence-corrected chi connectivity index (χ1v) is 6.89. The molecule has 0 radical (unpaired) electrons. The van der Waals surface area contributed by atoms with Crippen LogP contribution in [0, 0.1) is 11.8 Å². The lowest BCUT2D eigenvalue weighted by Crippen LogP contribution is -2.31. The van der Waals surface area contributed by atoms with Gasteiger partial charge in [-0.25, -0.2) is 0 Å². The molecule has 0 aromatic rings. The SMILES string of the molecule is COC(=O)CCCN1CCC(C(C)C)CCC1=O. The van der Waals surface area contributed by atoms with Crippen LogP contribution in [0.15, 0.2) is 0 Å². The summed E-state index contributed by atoms with van der Waals surface area (Å²) in [5, 5.41) is 0. The van der Waals surface area contributed by atoms with Crippen molar-refractivity contribution in [2.45, 2.75) is 46.0 Å². The molecule has 0 aromatic heterocycles. The number of nitrogens with zero attached hydrogens (tertiary/aromatic N) is 1. The van der Waals surface area contributed by atoms with E-state index in [9.17, 15) is 9.59 Å². The van der Waals surface area contributed by atoms with Gasteiger partial charge in [-0.15, -0.1) is 0 Å². The van der Waals surface area contributed by atoms with Crippen LogP contribution < -0.4 is 0 Å². The fraction of sp³-hybridized carbons (Fsp3) is 0.857. The summed E-state index contributed by atoms with van der Waals surface area (Å²) in [6.07, 6.45) is 3.84. The van der Waals surface area contributed by atoms with E-state index in [2.05, 4.69) is 18.6 Å². The molecule has 1 heterocycles. The van der Waals surface area contributed by atoms with E-state index in [0.717, 1.165) is 19.4 Å². The van der Waals surface area contributed by atoms with Gasteiger partial charge in [0.15, 0.2) is 0 Å². The van der Waals surface area contributed by atoms with Gasteiger partial charge in [-0.05, 0) is 31.1 Å². The van der Waals surface area contributed by atoms with Crippen LogP contribution in [-0.2, 0) is 14.3 Å². The molecule has 1 aliphatic heterocycles. The molecule has 18 heavy (non-hydrogen) atoms. The third-order valence-corrected chi connectivity index (χ3v) is 3.83. The summed E-state index contributed by atoms with van der Waals surface area (Å²) >= 11 is 0. The summed E-state index contributed by atoms with van der Waals surface area (Å²) in [6, 6.07) is 0. The van der Waals surface area contributed by atoms with Crippen molar-refractivity contribution >= 4 is 11.9 Å². The molecule has 1 unspecified atom stereocenters. The molecule has 1 aliphatic rings. The highest BCUT2D eigenvalue weighted by Gasteiger charge is 2.23. The molecule has 1 saturated heterocycles. The van der Waals surface area contributed by atoms with E-state index in [1.807, 2.05) is 4.90 Å². The number of amides is 1. The molecule has 0 aromatic carbocycles. The van der Waals surface area contributed by atoms with Crippen molar-refractivity contribution in [1.82, 2.24) is 4.90 Å². The van der Waals surface area contributed by atoms with Gasteiger partial charge in [0.2, 0.25) is 5.91 Å². The van der Waals surface area contributed by atoms with Crippen molar-refractivity contribution < 1.29 is 14.3 Å². The van der Waals surface area contributed by atoms with Gasteiger partial charge in [0.05, 0.1) is 7.11 Å². The second-order valence-corrected chi connectivity index (χ2v) is 5.39. The molecule has 1 amide bonds. The highest BCUT2D eigenvalue weighted by atomic mass is 16.5. The van der Waals surface area contributed by atoms with E-state index in [0.29, 0.717) is 37.6 Å². The molecular formula is C14H25NO3. The maximum absolute atomic E-state index is 11.9. The van der Waals surface area contributed by atoms with E-state index < -0.39 is 0 Å². The Kier molecular flexibility index (Phi) is 6.16. The predicted octanol–water partition coefficient (Wildman–Crippen LogP) is 2.22. The first-order chi connectivity index (χ1) is 8.54. The van der Waals surface area contributed by atoms with Gasteiger partial charge in [0.1, 0.15) is 0 Å². The number of hydrogen-bond donors (Lipinski definition) is 0. The summed E-state index contributed by atoms with van der Waals surface area (Å²) in [4.78, 5) is 24.9. The molecule has 0 bridgehead atoms. The molecule has 1 atom stereocenters. The molecule has 4 nitrogen and oxygen atoms in total. The summed E-state index contributed by atoms with van der Waals surface area (Å²) in [5.41, 5.74) is 0. The molecule has 0 N–H and O–H groups in total. The Balaban J connectivity index is 2.36. The minimum atomic E-state index is -0.197. The van der Waals surface area contributed by atoms with Crippen molar-refractivity contribution in [2.75, 3.05) is 20.2 Å². The van der Waals surface area contributed by atoms with Gasteiger partial charge in [-0.1, -0.05) is 13.8 Å². The van der Waals surface area contributed by atoms with Gasteiger partial charge in [-0.2, -0.15) is 0 Å². The van der Waals surface area contributed by atoms with Gasteiger partial charge < -0.3 is 9.64 Å². The van der Waals surface area contributed by atoms with E-state index >= 15 is 0 Å². The normalized spacial score (nSPS) is 21.0. The van der Waals surface area contributed by atoms with Crippen molar-refractivity contribution in [3.05, 3.63) is 0 Å². The summed E-state index contributed by atoms with van der Waals surface area (Å²) in [7, 11) is 1.40. The van der Waals surface area contributed by atoms with Crippen LogP contribution in [0.25, 0.3) is 0 Å². The van der Waals surface area contributed by atoms with Gasteiger partial charge >= 0.3 is 5.97 Å². The topological polar surface area (TPSA) is 46.6 Å². The number of ether oxygens (including phenoxy) is 1. The minimum absolute atomic E-state index is 0.197. The van der Waals surface area contributed by atoms with Crippen molar-refractivity contribution in [3.63, 3.8) is 0 Å². The zero-order chi connectivity index (χ0) is 13.5. The fourth-order valence-electron chi connectivity index (χ4n) is 2.48. The van der Waals surface area contributed by atoms with Crippen LogP contribution in [0.1, 0.15) is 46.0 Å². The lowest BCUT2D eigenvalue weighted by Gasteiger charge is -2.21. The summed E-state index contributed by atoms with van der Waals surface area (Å²) in [6.45, 7) is 5.96. The molecule has 0 saturated carbocycles. The molecule has 1 fully saturated rings. The highest BCUT2D eigenvalue weighted by molar-refractivity contribution is 5.76. The third-order valence-electron chi connectivity index (χ3n) is 3.83. The molecule has 4 heteroatoms. The Morgan fingerprint density at radius 2 is 2.17 bits per heavy atom. The molecule has 0 spiro atoms. The zero-order valence-electron chi connectivity index (χ0n) is 11.8. The number of methoxy groups -OCH3 is 1. The number of esters is 1. The number of hydrogen-bond acceptors (Lipinski definition) is 3. The van der Waals surface area contributed by atoms with Gasteiger partial charge in [0.25, 0.3) is 0 Å². The average Bonchev–Trinajstić information content (AvgIpc) is 2.52. The maximum atomic E-state index is 11.9. The number of carbonyl (C=O) groups excluding carboxylic acids is 2. The lowest BCUT2D eigenvalue weighted by atomic mass is 9.89. The Morgan fingerprint density at radius 1 is 1.44 bits per heavy atom. The highest BCUT2D eigenvalue weighted by Crippen LogP contribution is 2.25. The zero-order valence-corrected chi connectivity index (χ0v) is 11.8. The van der Waals surface area contributed by atoms with Gasteiger partial charge in [-0.3, -0.25) is 9.59 Å². The summed E-state index contributed by atoms with van der Waals surface area (Å²) in [5.74, 6) is 1.34. The fourth-order valence-corrected chi connectivity index (χ4v) is 2.48. The Hall–Kier alpha value is -1.06. The van der Waals surface area contributed by atoms with Crippen LogP contribution in [0.2, 0.25) is 0 Å². The number of likely N-dealkylation sites (tertiary alicyclic amines) is 1. The summed E-state index contributed by atoms with van der Waals surface area (Å²) < 4.78 is 4.60. The number of rotatable bonds is 5. The van der Waals surface area contributed by atoms with Crippen molar-refractivity contribution in [3.8, 4) is 0 Å². The van der Waals surface area contributed by atoms with Crippen LogP contribution >= 0.6 is 0 Å². The van der Waals surface area contributed by atoms with Crippen LogP contribution in [0.3, 0.4) is 0 Å². The average molecular weight is 255 g/mol. The Bertz CT molecular complexity index is 289. The third kappa shape index (κ3) is 4.67. The van der Waals surface area contributed by atoms with E-state index in [1.165, 1.54) is 7.11 Å². The maximum Gasteiger partial charge on any atom is 0.305 e. The number of carbonyl (C=O) groups is 2. The van der Waals surface area contributed by atoms with Crippen molar-refractivity contribution in [2.24, 2.45) is 11.8 Å². The first kappa shape index (κ1) is 15.0. The Morgan fingerprint density at radius 3 is 2.78 bits per heavy atom. The Labute approximate surface area is 110 Å². The van der Waals surface area contributed by atoms with Crippen molar-refractivity contribution in [1.29, 1.82) is 0 Å². The van der Waals surface area contributed by atoms with Crippen LogP contribution in [0.4, 0.5) is 0 Å². The largest absolute Gasteiger partial charge is 0.469 e. The van der Waals surface area contributed by atoms with Crippen LogP contribution in [-0.4, -0.2) is 37.0 Å². The molecule has 104 valence electrons. The van der Waals surface area contributed by atoms with E-state index in [1.54, 1.807) is 0 Å². The first-order valence-electron chi connectivity index (χ1n) is 6.89. The standard InChI is InChI=1S/C14H25NO3/c1-11(2)12-6-7-13(16)15(10-8-12)9-4-5-14(17)18-3/h11-12H,4-10H2,1-3H3. The molecule has 1 rings (SSSR count). The molecule has 0 aliphatic carbocycles. The molecular weight excluding hydrogens is 230 g/mol. The van der Waals surface area contributed by atoms with Crippen LogP contribution in [0.5, 0.6) is 0 Å². The second-order valence-electron chi connectivity index (χ2n) is 5.39.